The summed E-state index contributed by atoms with van der Waals surface area (Å²) in [5, 5.41) is 12.0. The molecule has 0 aliphatic carbocycles. The van der Waals surface area contributed by atoms with E-state index >= 15 is 0 Å². The summed E-state index contributed by atoms with van der Waals surface area (Å²) in [5.74, 6) is 0.0963. The van der Waals surface area contributed by atoms with E-state index in [1.165, 1.54) is 6.07 Å². The fourth-order valence-corrected chi connectivity index (χ4v) is 1.28. The van der Waals surface area contributed by atoms with E-state index in [0.717, 1.165) is 5.56 Å². The van der Waals surface area contributed by atoms with Crippen molar-refractivity contribution in [3.63, 3.8) is 0 Å². The van der Waals surface area contributed by atoms with Gasteiger partial charge in [-0.3, -0.25) is 0 Å². The van der Waals surface area contributed by atoms with Crippen LogP contribution in [0.5, 0.6) is 0 Å². The van der Waals surface area contributed by atoms with Crippen molar-refractivity contribution in [1.29, 1.82) is 5.26 Å². The van der Waals surface area contributed by atoms with Crippen LogP contribution in [0.25, 0.3) is 0 Å². The number of nitriles is 1. The van der Waals surface area contributed by atoms with Gasteiger partial charge in [-0.2, -0.15) is 5.26 Å². The average Bonchev–Trinajstić information content (AvgIpc) is 2.27. The van der Waals surface area contributed by atoms with Gasteiger partial charge in [-0.15, -0.1) is 0 Å². The second-order valence-electron chi connectivity index (χ2n) is 4.34. The minimum atomic E-state index is -0.455. The predicted molar refractivity (Wildman–Crippen MR) is 62.3 cm³/mol. The van der Waals surface area contributed by atoms with E-state index in [1.54, 1.807) is 12.1 Å². The summed E-state index contributed by atoms with van der Waals surface area (Å²) in [6.07, 6.45) is 0. The van der Waals surface area contributed by atoms with Crippen LogP contribution < -0.4 is 5.32 Å². The molecule has 1 aromatic rings. The molecule has 86 valence electrons. The molecule has 0 heterocycles. The molecule has 2 nitrogen and oxygen atoms in total. The van der Waals surface area contributed by atoms with E-state index in [4.69, 9.17) is 5.26 Å². The molecule has 1 atom stereocenters. The lowest BCUT2D eigenvalue weighted by atomic mass is 10.1. The molecular formula is C13H17FN2. The van der Waals surface area contributed by atoms with Crippen molar-refractivity contribution in [1.82, 2.24) is 5.32 Å². The van der Waals surface area contributed by atoms with Gasteiger partial charge in [0.05, 0.1) is 5.56 Å². The van der Waals surface area contributed by atoms with E-state index in [0.29, 0.717) is 18.5 Å². The summed E-state index contributed by atoms with van der Waals surface area (Å²) in [6, 6.07) is 6.88. The van der Waals surface area contributed by atoms with E-state index in [1.807, 2.05) is 6.07 Å². The Kier molecular flexibility index (Phi) is 4.45. The van der Waals surface area contributed by atoms with Crippen molar-refractivity contribution in [3.8, 4) is 6.07 Å². The van der Waals surface area contributed by atoms with Gasteiger partial charge in [-0.1, -0.05) is 19.9 Å². The average molecular weight is 220 g/mol. The Bertz CT molecular complexity index is 393. The van der Waals surface area contributed by atoms with Crippen LogP contribution in [0, 0.1) is 23.1 Å². The molecule has 3 heteroatoms. The zero-order chi connectivity index (χ0) is 12.1. The molecule has 0 fully saturated rings. The highest BCUT2D eigenvalue weighted by Crippen LogP contribution is 2.10. The normalized spacial score (nSPS) is 12.5. The quantitative estimate of drug-likeness (QED) is 0.847. The van der Waals surface area contributed by atoms with Crippen LogP contribution in [0.4, 0.5) is 4.39 Å². The molecule has 1 rings (SSSR count). The van der Waals surface area contributed by atoms with E-state index in [9.17, 15) is 4.39 Å². The standard InChI is InChI=1S/C13H17FN2/c1-9(2)10(3)16-8-11-4-5-13(14)12(6-11)7-15/h4-6,9-10,16H,8H2,1-3H3. The highest BCUT2D eigenvalue weighted by Gasteiger charge is 2.07. The summed E-state index contributed by atoms with van der Waals surface area (Å²) in [4.78, 5) is 0. The van der Waals surface area contributed by atoms with E-state index in [2.05, 4.69) is 26.1 Å². The van der Waals surface area contributed by atoms with Gasteiger partial charge in [0, 0.05) is 12.6 Å². The fourth-order valence-electron chi connectivity index (χ4n) is 1.28. The van der Waals surface area contributed by atoms with Gasteiger partial charge in [0.2, 0.25) is 0 Å². The molecule has 0 spiro atoms. The maximum Gasteiger partial charge on any atom is 0.140 e. The predicted octanol–water partition coefficient (Wildman–Crippen LogP) is 2.83. The molecule has 0 radical (unpaired) electrons. The van der Waals surface area contributed by atoms with Crippen LogP contribution in [0.15, 0.2) is 18.2 Å². The lowest BCUT2D eigenvalue weighted by Gasteiger charge is -2.17. The summed E-state index contributed by atoms with van der Waals surface area (Å²) >= 11 is 0. The number of rotatable bonds is 4. The summed E-state index contributed by atoms with van der Waals surface area (Å²) < 4.78 is 13.1. The second-order valence-corrected chi connectivity index (χ2v) is 4.34. The lowest BCUT2D eigenvalue weighted by Crippen LogP contribution is -2.30. The van der Waals surface area contributed by atoms with Crippen LogP contribution in [0.2, 0.25) is 0 Å². The highest BCUT2D eigenvalue weighted by atomic mass is 19.1. The molecule has 0 aliphatic rings. The zero-order valence-corrected chi connectivity index (χ0v) is 9.92. The van der Waals surface area contributed by atoms with Gasteiger partial charge in [-0.05, 0) is 30.5 Å². The second kappa shape index (κ2) is 5.62. The Morgan fingerprint density at radius 3 is 2.62 bits per heavy atom. The molecule has 0 aromatic heterocycles. The molecule has 0 bridgehead atoms. The lowest BCUT2D eigenvalue weighted by molar-refractivity contribution is 0.426. The molecule has 0 amide bonds. The molecule has 16 heavy (non-hydrogen) atoms. The number of nitrogens with one attached hydrogen (secondary N) is 1. The first-order valence-electron chi connectivity index (χ1n) is 5.46. The molecule has 0 saturated heterocycles. The van der Waals surface area contributed by atoms with Gasteiger partial charge in [0.25, 0.3) is 0 Å². The first kappa shape index (κ1) is 12.7. The van der Waals surface area contributed by atoms with Crippen LogP contribution in [0.1, 0.15) is 31.9 Å². The number of benzene rings is 1. The third-order valence-corrected chi connectivity index (χ3v) is 2.78. The fraction of sp³-hybridized carbons (Fsp3) is 0.462. The van der Waals surface area contributed by atoms with Crippen LogP contribution in [-0.4, -0.2) is 6.04 Å². The first-order valence-corrected chi connectivity index (χ1v) is 5.46. The van der Waals surface area contributed by atoms with Crippen molar-refractivity contribution in [3.05, 3.63) is 35.1 Å². The number of hydrogen-bond acceptors (Lipinski definition) is 2. The van der Waals surface area contributed by atoms with Crippen LogP contribution in [0.3, 0.4) is 0 Å². The molecule has 1 N–H and O–H groups in total. The monoisotopic (exact) mass is 220 g/mol. The Morgan fingerprint density at radius 2 is 2.06 bits per heavy atom. The molecular weight excluding hydrogens is 203 g/mol. The largest absolute Gasteiger partial charge is 0.310 e. The molecule has 1 aromatic carbocycles. The van der Waals surface area contributed by atoms with E-state index in [-0.39, 0.29) is 5.56 Å². The smallest absolute Gasteiger partial charge is 0.140 e. The Balaban J connectivity index is 2.65. The van der Waals surface area contributed by atoms with Crippen LogP contribution >= 0.6 is 0 Å². The summed E-state index contributed by atoms with van der Waals surface area (Å²) in [7, 11) is 0. The van der Waals surface area contributed by atoms with Gasteiger partial charge >= 0.3 is 0 Å². The minimum Gasteiger partial charge on any atom is -0.310 e. The third-order valence-electron chi connectivity index (χ3n) is 2.78. The number of halogens is 1. The van der Waals surface area contributed by atoms with Gasteiger partial charge in [0.1, 0.15) is 11.9 Å². The number of nitrogens with zero attached hydrogens (tertiary/aromatic N) is 1. The van der Waals surface area contributed by atoms with Crippen LogP contribution in [-0.2, 0) is 6.54 Å². The van der Waals surface area contributed by atoms with Gasteiger partial charge in [0.15, 0.2) is 0 Å². The van der Waals surface area contributed by atoms with Crippen molar-refractivity contribution >= 4 is 0 Å². The zero-order valence-electron chi connectivity index (χ0n) is 9.92. The topological polar surface area (TPSA) is 35.8 Å². The maximum absolute atomic E-state index is 13.1. The summed E-state index contributed by atoms with van der Waals surface area (Å²) in [5.41, 5.74) is 1.04. The Labute approximate surface area is 96.1 Å². The Morgan fingerprint density at radius 1 is 1.38 bits per heavy atom. The van der Waals surface area contributed by atoms with Gasteiger partial charge < -0.3 is 5.32 Å². The Hall–Kier alpha value is -1.40. The summed E-state index contributed by atoms with van der Waals surface area (Å²) in [6.45, 7) is 7.06. The first-order chi connectivity index (χ1) is 7.54. The van der Waals surface area contributed by atoms with Crippen molar-refractivity contribution in [2.24, 2.45) is 5.92 Å². The third kappa shape index (κ3) is 3.32. The van der Waals surface area contributed by atoms with Crippen molar-refractivity contribution in [2.45, 2.75) is 33.4 Å². The van der Waals surface area contributed by atoms with E-state index < -0.39 is 5.82 Å². The molecule has 1 unspecified atom stereocenters. The van der Waals surface area contributed by atoms with Crippen molar-refractivity contribution < 1.29 is 4.39 Å². The molecule has 0 aliphatic heterocycles. The minimum absolute atomic E-state index is 0.108. The highest BCUT2D eigenvalue weighted by molar-refractivity contribution is 5.34. The van der Waals surface area contributed by atoms with Gasteiger partial charge in [-0.25, -0.2) is 4.39 Å². The maximum atomic E-state index is 13.1. The molecule has 0 saturated carbocycles. The number of hydrogen-bond donors (Lipinski definition) is 1. The SMILES string of the molecule is CC(C)C(C)NCc1ccc(F)c(C#N)c1. The van der Waals surface area contributed by atoms with Crippen molar-refractivity contribution in [2.75, 3.05) is 0 Å².